The molecular weight excluding hydrogens is 182 g/mol. The van der Waals surface area contributed by atoms with Gasteiger partial charge in [0, 0.05) is 13.3 Å². The minimum Gasteiger partial charge on any atom is -0.477 e. The Kier molecular flexibility index (Phi) is 5.21. The molecule has 0 unspecified atom stereocenters. The zero-order valence-corrected chi connectivity index (χ0v) is 8.85. The largest absolute Gasteiger partial charge is 0.477 e. The summed E-state index contributed by atoms with van der Waals surface area (Å²) in [5.41, 5.74) is 0.0145. The van der Waals surface area contributed by atoms with Crippen molar-refractivity contribution < 1.29 is 9.90 Å². The number of hydrazone groups is 1. The van der Waals surface area contributed by atoms with Crippen LogP contribution in [-0.2, 0) is 4.79 Å². The lowest BCUT2D eigenvalue weighted by Crippen LogP contribution is -2.18. The summed E-state index contributed by atoms with van der Waals surface area (Å²) in [6, 6.07) is 0. The fourth-order valence-corrected chi connectivity index (χ4v) is 0.739. The predicted octanol–water partition coefficient (Wildman–Crippen LogP) is 1.33. The second kappa shape index (κ2) is 5.90. The van der Waals surface area contributed by atoms with Crippen LogP contribution in [0.25, 0.3) is 0 Å². The summed E-state index contributed by atoms with van der Waals surface area (Å²) >= 11 is 0. The van der Waals surface area contributed by atoms with Crippen LogP contribution in [0, 0.1) is 0 Å². The molecule has 0 amide bonds. The Morgan fingerprint density at radius 3 is 2.36 bits per heavy atom. The molecule has 0 atom stereocenters. The number of carboxylic acid groups (broad SMARTS) is 1. The average molecular weight is 197 g/mol. The second-order valence-electron chi connectivity index (χ2n) is 2.54. The van der Waals surface area contributed by atoms with Crippen LogP contribution in [0.5, 0.6) is 0 Å². The Hall–Kier alpha value is -1.65. The summed E-state index contributed by atoms with van der Waals surface area (Å²) in [6.45, 7) is 5.10. The smallest absolute Gasteiger partial charge is 0.354 e. The SMILES string of the molecule is C/C=N\N(C)/C(C)=N/C(=C\C)C(=O)O. The number of amidine groups is 1. The number of aliphatic imine (C=N–C) groups is 1. The van der Waals surface area contributed by atoms with Crippen molar-refractivity contribution in [2.24, 2.45) is 10.1 Å². The lowest BCUT2D eigenvalue weighted by molar-refractivity contribution is -0.132. The first-order chi connectivity index (χ1) is 6.52. The Labute approximate surface area is 83.4 Å². The molecule has 0 saturated carbocycles. The van der Waals surface area contributed by atoms with Crippen LogP contribution in [0.1, 0.15) is 20.8 Å². The van der Waals surface area contributed by atoms with Crippen molar-refractivity contribution in [1.82, 2.24) is 5.01 Å². The number of nitrogens with zero attached hydrogens (tertiary/aromatic N) is 3. The summed E-state index contributed by atoms with van der Waals surface area (Å²) in [4.78, 5) is 14.5. The molecule has 14 heavy (non-hydrogen) atoms. The molecule has 0 aliphatic carbocycles. The van der Waals surface area contributed by atoms with Crippen molar-refractivity contribution in [3.63, 3.8) is 0 Å². The molecule has 0 fully saturated rings. The number of hydrogen-bond acceptors (Lipinski definition) is 3. The second-order valence-corrected chi connectivity index (χ2v) is 2.54. The normalized spacial score (nSPS) is 13.4. The third-order valence-corrected chi connectivity index (χ3v) is 1.53. The van der Waals surface area contributed by atoms with Gasteiger partial charge in [-0.2, -0.15) is 5.10 Å². The number of carbonyl (C=O) groups is 1. The van der Waals surface area contributed by atoms with Crippen LogP contribution >= 0.6 is 0 Å². The monoisotopic (exact) mass is 197 g/mol. The van der Waals surface area contributed by atoms with Gasteiger partial charge >= 0.3 is 5.97 Å². The zero-order chi connectivity index (χ0) is 11.1. The number of aliphatic carboxylic acids is 1. The highest BCUT2D eigenvalue weighted by Crippen LogP contribution is 1.99. The van der Waals surface area contributed by atoms with Crippen molar-refractivity contribution in [2.45, 2.75) is 20.8 Å². The van der Waals surface area contributed by atoms with E-state index in [-0.39, 0.29) is 5.70 Å². The molecule has 0 heterocycles. The van der Waals surface area contributed by atoms with Gasteiger partial charge in [0.05, 0.1) is 0 Å². The minimum absolute atomic E-state index is 0.0145. The molecule has 0 spiro atoms. The summed E-state index contributed by atoms with van der Waals surface area (Å²) < 4.78 is 0. The Morgan fingerprint density at radius 1 is 1.43 bits per heavy atom. The van der Waals surface area contributed by atoms with E-state index in [9.17, 15) is 4.79 Å². The van der Waals surface area contributed by atoms with E-state index in [1.165, 1.54) is 11.1 Å². The lowest BCUT2D eigenvalue weighted by Gasteiger charge is -2.11. The summed E-state index contributed by atoms with van der Waals surface area (Å²) in [5, 5.41) is 14.1. The van der Waals surface area contributed by atoms with Gasteiger partial charge in [-0.1, -0.05) is 6.08 Å². The van der Waals surface area contributed by atoms with Crippen molar-refractivity contribution in [1.29, 1.82) is 0 Å². The zero-order valence-electron chi connectivity index (χ0n) is 8.85. The van der Waals surface area contributed by atoms with Crippen LogP contribution < -0.4 is 0 Å². The van der Waals surface area contributed by atoms with Gasteiger partial charge < -0.3 is 5.11 Å². The third kappa shape index (κ3) is 3.84. The number of allylic oxidation sites excluding steroid dienone is 1. The van der Waals surface area contributed by atoms with Crippen molar-refractivity contribution >= 4 is 18.0 Å². The summed E-state index contributed by atoms with van der Waals surface area (Å²) in [6.07, 6.45) is 3.05. The van der Waals surface area contributed by atoms with Gasteiger partial charge in [0.15, 0.2) is 0 Å². The molecule has 78 valence electrons. The fraction of sp³-hybridized carbons (Fsp3) is 0.444. The molecule has 0 saturated heterocycles. The summed E-state index contributed by atoms with van der Waals surface area (Å²) in [5.74, 6) is -0.515. The van der Waals surface area contributed by atoms with E-state index in [1.54, 1.807) is 34.0 Å². The first-order valence-electron chi connectivity index (χ1n) is 4.20. The quantitative estimate of drug-likeness (QED) is 0.321. The van der Waals surface area contributed by atoms with E-state index in [0.717, 1.165) is 0 Å². The molecule has 5 nitrogen and oxygen atoms in total. The molecule has 0 radical (unpaired) electrons. The fourth-order valence-electron chi connectivity index (χ4n) is 0.739. The van der Waals surface area contributed by atoms with Gasteiger partial charge in [0.2, 0.25) is 0 Å². The number of carboxylic acids is 1. The van der Waals surface area contributed by atoms with E-state index in [1.807, 2.05) is 0 Å². The van der Waals surface area contributed by atoms with Gasteiger partial charge in [0.1, 0.15) is 11.5 Å². The lowest BCUT2D eigenvalue weighted by atomic mass is 10.4. The highest BCUT2D eigenvalue weighted by molar-refractivity contribution is 5.91. The molecule has 0 aromatic rings. The number of hydrogen-bond donors (Lipinski definition) is 1. The maximum atomic E-state index is 10.6. The average Bonchev–Trinajstić information content (AvgIpc) is 2.13. The maximum absolute atomic E-state index is 10.6. The van der Waals surface area contributed by atoms with E-state index < -0.39 is 5.97 Å². The molecule has 0 rings (SSSR count). The minimum atomic E-state index is -1.04. The van der Waals surface area contributed by atoms with Gasteiger partial charge in [0.25, 0.3) is 0 Å². The highest BCUT2D eigenvalue weighted by Gasteiger charge is 2.05. The van der Waals surface area contributed by atoms with E-state index in [4.69, 9.17) is 5.11 Å². The van der Waals surface area contributed by atoms with Crippen LogP contribution in [0.2, 0.25) is 0 Å². The third-order valence-electron chi connectivity index (χ3n) is 1.53. The molecule has 0 aliphatic heterocycles. The topological polar surface area (TPSA) is 65.3 Å². The molecule has 5 heteroatoms. The van der Waals surface area contributed by atoms with Crippen molar-refractivity contribution in [3.05, 3.63) is 11.8 Å². The predicted molar refractivity (Wildman–Crippen MR) is 56.4 cm³/mol. The van der Waals surface area contributed by atoms with Gasteiger partial charge in [-0.15, -0.1) is 0 Å². The van der Waals surface area contributed by atoms with E-state index >= 15 is 0 Å². The molecule has 1 N–H and O–H groups in total. The van der Waals surface area contributed by atoms with Gasteiger partial charge in [-0.3, -0.25) is 5.01 Å². The maximum Gasteiger partial charge on any atom is 0.354 e. The Balaban J connectivity index is 4.73. The van der Waals surface area contributed by atoms with Crippen LogP contribution in [0.3, 0.4) is 0 Å². The van der Waals surface area contributed by atoms with Crippen LogP contribution in [0.4, 0.5) is 0 Å². The van der Waals surface area contributed by atoms with Crippen molar-refractivity contribution in [2.75, 3.05) is 7.05 Å². The first kappa shape index (κ1) is 12.3. The van der Waals surface area contributed by atoms with Crippen LogP contribution in [-0.4, -0.2) is 35.2 Å². The highest BCUT2D eigenvalue weighted by atomic mass is 16.4. The Morgan fingerprint density at radius 2 is 2.00 bits per heavy atom. The van der Waals surface area contributed by atoms with E-state index in [0.29, 0.717) is 5.84 Å². The van der Waals surface area contributed by atoms with E-state index in [2.05, 4.69) is 10.1 Å². The molecule has 0 aromatic carbocycles. The molecule has 0 aliphatic rings. The van der Waals surface area contributed by atoms with Crippen LogP contribution in [0.15, 0.2) is 21.9 Å². The summed E-state index contributed by atoms with van der Waals surface area (Å²) in [7, 11) is 1.70. The van der Waals surface area contributed by atoms with Gasteiger partial charge in [-0.25, -0.2) is 9.79 Å². The van der Waals surface area contributed by atoms with Gasteiger partial charge in [-0.05, 0) is 20.8 Å². The Bertz CT molecular complexity index is 292. The first-order valence-corrected chi connectivity index (χ1v) is 4.20. The molecule has 0 aromatic heterocycles. The molecule has 0 bridgehead atoms. The standard InChI is InChI=1S/C9H15N3O2/c1-5-8(9(13)14)11-7(3)12(4)10-6-2/h5-6H,1-4H3,(H,13,14)/b8-5-,10-6-,11-7+. The van der Waals surface area contributed by atoms with Crippen molar-refractivity contribution in [3.8, 4) is 0 Å². The molecular formula is C9H15N3O2. The number of rotatable bonds is 3.